The minimum absolute atomic E-state index is 0. The molecule has 1 saturated heterocycles. The van der Waals surface area contributed by atoms with Gasteiger partial charge in [0, 0.05) is 25.4 Å². The molecule has 3 N–H and O–H groups in total. The normalized spacial score (nSPS) is 17.1. The SMILES string of the molecule is Cc1cccc(NC(=O)C2(CN)CCOCC2)c1C.Cl. The number of aryl methyl sites for hydroxylation is 1. The van der Waals surface area contributed by atoms with E-state index in [0.29, 0.717) is 32.6 Å². The number of nitrogens with one attached hydrogen (secondary N) is 1. The zero-order chi connectivity index (χ0) is 13.9. The van der Waals surface area contributed by atoms with Gasteiger partial charge in [0.25, 0.3) is 0 Å². The lowest BCUT2D eigenvalue weighted by molar-refractivity contribution is -0.130. The van der Waals surface area contributed by atoms with Crippen LogP contribution >= 0.6 is 12.4 Å². The van der Waals surface area contributed by atoms with Crippen LogP contribution in [0.2, 0.25) is 0 Å². The third-order valence-electron chi connectivity index (χ3n) is 4.18. The number of hydrogen-bond acceptors (Lipinski definition) is 3. The number of carbonyl (C=O) groups excluding carboxylic acids is 1. The monoisotopic (exact) mass is 298 g/mol. The second-order valence-electron chi connectivity index (χ2n) is 5.30. The van der Waals surface area contributed by atoms with Crippen LogP contribution in [-0.2, 0) is 9.53 Å². The van der Waals surface area contributed by atoms with Crippen molar-refractivity contribution in [1.29, 1.82) is 0 Å². The van der Waals surface area contributed by atoms with Gasteiger partial charge in [0.15, 0.2) is 0 Å². The van der Waals surface area contributed by atoms with Crippen molar-refractivity contribution in [2.45, 2.75) is 26.7 Å². The Bertz CT molecular complexity index is 471. The van der Waals surface area contributed by atoms with Gasteiger partial charge in [0.05, 0.1) is 5.41 Å². The lowest BCUT2D eigenvalue weighted by atomic mass is 9.79. The molecule has 1 amide bonds. The van der Waals surface area contributed by atoms with E-state index in [0.717, 1.165) is 11.3 Å². The second-order valence-corrected chi connectivity index (χ2v) is 5.30. The summed E-state index contributed by atoms with van der Waals surface area (Å²) in [6.45, 7) is 5.64. The van der Waals surface area contributed by atoms with Crippen LogP contribution in [0.1, 0.15) is 24.0 Å². The lowest BCUT2D eigenvalue weighted by Gasteiger charge is -2.34. The summed E-state index contributed by atoms with van der Waals surface area (Å²) >= 11 is 0. The summed E-state index contributed by atoms with van der Waals surface area (Å²) in [6.07, 6.45) is 1.39. The molecular formula is C15H23ClN2O2. The number of rotatable bonds is 3. The van der Waals surface area contributed by atoms with Gasteiger partial charge in [-0.3, -0.25) is 4.79 Å². The van der Waals surface area contributed by atoms with Crippen molar-refractivity contribution in [2.24, 2.45) is 11.1 Å². The first-order valence-corrected chi connectivity index (χ1v) is 6.74. The highest BCUT2D eigenvalue weighted by atomic mass is 35.5. The molecule has 1 aromatic rings. The number of amides is 1. The molecule has 5 heteroatoms. The van der Waals surface area contributed by atoms with E-state index in [9.17, 15) is 4.79 Å². The van der Waals surface area contributed by atoms with Gasteiger partial charge in [0.1, 0.15) is 0 Å². The molecule has 1 aromatic carbocycles. The molecule has 1 heterocycles. The second kappa shape index (κ2) is 7.07. The summed E-state index contributed by atoms with van der Waals surface area (Å²) in [5, 5.41) is 3.04. The molecule has 1 fully saturated rings. The minimum Gasteiger partial charge on any atom is -0.381 e. The Kier molecular flexibility index (Phi) is 5.99. The van der Waals surface area contributed by atoms with Crippen molar-refractivity contribution in [3.05, 3.63) is 29.3 Å². The molecule has 0 atom stereocenters. The maximum absolute atomic E-state index is 12.5. The smallest absolute Gasteiger partial charge is 0.232 e. The van der Waals surface area contributed by atoms with Gasteiger partial charge in [-0.1, -0.05) is 12.1 Å². The van der Waals surface area contributed by atoms with E-state index in [-0.39, 0.29) is 18.3 Å². The van der Waals surface area contributed by atoms with Gasteiger partial charge in [-0.15, -0.1) is 12.4 Å². The molecule has 0 unspecified atom stereocenters. The Morgan fingerprint density at radius 2 is 2.00 bits per heavy atom. The van der Waals surface area contributed by atoms with E-state index in [4.69, 9.17) is 10.5 Å². The van der Waals surface area contributed by atoms with Gasteiger partial charge < -0.3 is 15.8 Å². The zero-order valence-corrected chi connectivity index (χ0v) is 12.9. The number of benzene rings is 1. The fourth-order valence-corrected chi connectivity index (χ4v) is 2.43. The summed E-state index contributed by atoms with van der Waals surface area (Å²) < 4.78 is 5.33. The number of halogens is 1. The van der Waals surface area contributed by atoms with E-state index in [2.05, 4.69) is 5.32 Å². The molecule has 2 rings (SSSR count). The summed E-state index contributed by atoms with van der Waals surface area (Å²) in [5.74, 6) is 0.0204. The molecule has 0 radical (unpaired) electrons. The fourth-order valence-electron chi connectivity index (χ4n) is 2.43. The average Bonchev–Trinajstić information content (AvgIpc) is 2.44. The van der Waals surface area contributed by atoms with Crippen molar-refractivity contribution in [1.82, 2.24) is 0 Å². The van der Waals surface area contributed by atoms with Gasteiger partial charge >= 0.3 is 0 Å². The maximum Gasteiger partial charge on any atom is 0.232 e. The van der Waals surface area contributed by atoms with E-state index in [1.165, 1.54) is 5.56 Å². The first-order chi connectivity index (χ1) is 9.09. The van der Waals surface area contributed by atoms with Crippen molar-refractivity contribution in [2.75, 3.05) is 25.1 Å². The van der Waals surface area contributed by atoms with Crippen LogP contribution in [0.25, 0.3) is 0 Å². The minimum atomic E-state index is -0.478. The standard InChI is InChI=1S/C15H22N2O2.ClH/c1-11-4-3-5-13(12(11)2)17-14(18)15(10-16)6-8-19-9-7-15;/h3-5H,6-10,16H2,1-2H3,(H,17,18);1H. The largest absolute Gasteiger partial charge is 0.381 e. The molecule has 0 aromatic heterocycles. The first kappa shape index (κ1) is 17.0. The van der Waals surface area contributed by atoms with Crippen molar-refractivity contribution < 1.29 is 9.53 Å². The third kappa shape index (κ3) is 3.32. The highest BCUT2D eigenvalue weighted by Gasteiger charge is 2.38. The van der Waals surface area contributed by atoms with Crippen LogP contribution in [0.4, 0.5) is 5.69 Å². The Morgan fingerprint density at radius 3 is 2.60 bits per heavy atom. The molecule has 0 bridgehead atoms. The van der Waals surface area contributed by atoms with E-state index in [1.807, 2.05) is 32.0 Å². The number of nitrogens with two attached hydrogens (primary N) is 1. The highest BCUT2D eigenvalue weighted by molar-refractivity contribution is 5.96. The van der Waals surface area contributed by atoms with E-state index >= 15 is 0 Å². The maximum atomic E-state index is 12.5. The number of hydrogen-bond donors (Lipinski definition) is 2. The summed E-state index contributed by atoms with van der Waals surface area (Å²) in [5.41, 5.74) is 8.52. The Balaban J connectivity index is 0.00000200. The van der Waals surface area contributed by atoms with Crippen molar-refractivity contribution in [3.63, 3.8) is 0 Å². The molecular weight excluding hydrogens is 276 g/mol. The topological polar surface area (TPSA) is 64.4 Å². The van der Waals surface area contributed by atoms with Crippen LogP contribution in [0, 0.1) is 19.3 Å². The molecule has 0 spiro atoms. The predicted octanol–water partition coefficient (Wildman–Crippen LogP) is 2.42. The van der Waals surface area contributed by atoms with Crippen LogP contribution < -0.4 is 11.1 Å². The lowest BCUT2D eigenvalue weighted by Crippen LogP contribution is -2.46. The molecule has 1 aliphatic rings. The Labute approximate surface area is 126 Å². The summed E-state index contributed by atoms with van der Waals surface area (Å²) in [6, 6.07) is 5.93. The number of anilines is 1. The van der Waals surface area contributed by atoms with Crippen LogP contribution in [0.5, 0.6) is 0 Å². The van der Waals surface area contributed by atoms with Gasteiger partial charge in [-0.05, 0) is 43.9 Å². The van der Waals surface area contributed by atoms with Crippen molar-refractivity contribution in [3.8, 4) is 0 Å². The molecule has 4 nitrogen and oxygen atoms in total. The van der Waals surface area contributed by atoms with Gasteiger partial charge in [0.2, 0.25) is 5.91 Å². The van der Waals surface area contributed by atoms with Gasteiger partial charge in [-0.2, -0.15) is 0 Å². The predicted molar refractivity (Wildman–Crippen MR) is 83.3 cm³/mol. The van der Waals surface area contributed by atoms with Crippen LogP contribution in [0.15, 0.2) is 18.2 Å². The van der Waals surface area contributed by atoms with Crippen LogP contribution in [-0.4, -0.2) is 25.7 Å². The summed E-state index contributed by atoms with van der Waals surface area (Å²) in [7, 11) is 0. The molecule has 0 saturated carbocycles. The molecule has 112 valence electrons. The average molecular weight is 299 g/mol. The van der Waals surface area contributed by atoms with E-state index in [1.54, 1.807) is 0 Å². The van der Waals surface area contributed by atoms with Gasteiger partial charge in [-0.25, -0.2) is 0 Å². The van der Waals surface area contributed by atoms with Crippen molar-refractivity contribution >= 4 is 24.0 Å². The quantitative estimate of drug-likeness (QED) is 0.901. The van der Waals surface area contributed by atoms with Crippen LogP contribution in [0.3, 0.4) is 0 Å². The zero-order valence-electron chi connectivity index (χ0n) is 12.1. The number of ether oxygens (including phenoxy) is 1. The third-order valence-corrected chi connectivity index (χ3v) is 4.18. The molecule has 0 aliphatic carbocycles. The Hall–Kier alpha value is -1.10. The summed E-state index contributed by atoms with van der Waals surface area (Å²) in [4.78, 5) is 12.5. The Morgan fingerprint density at radius 1 is 1.35 bits per heavy atom. The molecule has 1 aliphatic heterocycles. The van der Waals surface area contributed by atoms with E-state index < -0.39 is 5.41 Å². The first-order valence-electron chi connectivity index (χ1n) is 6.74. The highest BCUT2D eigenvalue weighted by Crippen LogP contribution is 2.31. The molecule has 20 heavy (non-hydrogen) atoms. The number of carbonyl (C=O) groups is 1. The fraction of sp³-hybridized carbons (Fsp3) is 0.533.